The van der Waals surface area contributed by atoms with Crippen molar-refractivity contribution >= 4 is 17.6 Å². The average Bonchev–Trinajstić information content (AvgIpc) is 2.38. The summed E-state index contributed by atoms with van der Waals surface area (Å²) in [6.07, 6.45) is 3.31. The molecule has 0 heterocycles. The molecule has 0 aliphatic rings. The third-order valence-corrected chi connectivity index (χ3v) is 2.71. The lowest BCUT2D eigenvalue weighted by molar-refractivity contribution is -0.137. The van der Waals surface area contributed by atoms with Crippen molar-refractivity contribution in [2.75, 3.05) is 5.32 Å². The van der Waals surface area contributed by atoms with Crippen LogP contribution in [0.25, 0.3) is 0 Å². The molecular weight excluding hydrogens is 242 g/mol. The summed E-state index contributed by atoms with van der Waals surface area (Å²) in [5.41, 5.74) is 2.35. The average molecular weight is 261 g/mol. The van der Waals surface area contributed by atoms with E-state index in [1.807, 2.05) is 25.1 Å². The first-order chi connectivity index (χ1) is 9.02. The molecule has 0 aromatic heterocycles. The van der Waals surface area contributed by atoms with E-state index in [1.165, 1.54) is 0 Å². The van der Waals surface area contributed by atoms with Gasteiger partial charge in [0.1, 0.15) is 0 Å². The van der Waals surface area contributed by atoms with Crippen molar-refractivity contribution in [3.05, 3.63) is 41.5 Å². The van der Waals surface area contributed by atoms with E-state index in [0.29, 0.717) is 17.7 Å². The molecule has 0 saturated heterocycles. The zero-order valence-electron chi connectivity index (χ0n) is 11.3. The summed E-state index contributed by atoms with van der Waals surface area (Å²) in [6.45, 7) is 3.76. The monoisotopic (exact) mass is 261 g/mol. The van der Waals surface area contributed by atoms with Gasteiger partial charge in [0.2, 0.25) is 0 Å². The lowest BCUT2D eigenvalue weighted by atomic mass is 10.1. The van der Waals surface area contributed by atoms with Gasteiger partial charge in [0, 0.05) is 17.7 Å². The van der Waals surface area contributed by atoms with Gasteiger partial charge < -0.3 is 10.4 Å². The number of amides is 1. The fraction of sp³-hybridized carbons (Fsp3) is 0.333. The van der Waals surface area contributed by atoms with Gasteiger partial charge in [0.05, 0.1) is 0 Å². The molecule has 102 valence electrons. The first kappa shape index (κ1) is 15.0. The molecule has 19 heavy (non-hydrogen) atoms. The SMILES string of the molecule is CC/C=C(/C)C(=O)Nc1ccc(CCC(=O)O)cc1. The Morgan fingerprint density at radius 2 is 1.89 bits per heavy atom. The molecule has 0 unspecified atom stereocenters. The maximum atomic E-state index is 11.7. The van der Waals surface area contributed by atoms with Crippen molar-refractivity contribution in [3.63, 3.8) is 0 Å². The fourth-order valence-electron chi connectivity index (χ4n) is 1.63. The summed E-state index contributed by atoms with van der Waals surface area (Å²) in [7, 11) is 0. The van der Waals surface area contributed by atoms with E-state index < -0.39 is 5.97 Å². The van der Waals surface area contributed by atoms with Crippen LogP contribution in [0.15, 0.2) is 35.9 Å². The molecule has 0 aliphatic heterocycles. The highest BCUT2D eigenvalue weighted by Crippen LogP contribution is 2.12. The number of benzene rings is 1. The van der Waals surface area contributed by atoms with Crippen LogP contribution in [0, 0.1) is 0 Å². The van der Waals surface area contributed by atoms with Crippen LogP contribution in [0.3, 0.4) is 0 Å². The third-order valence-electron chi connectivity index (χ3n) is 2.71. The topological polar surface area (TPSA) is 66.4 Å². The largest absolute Gasteiger partial charge is 0.481 e. The number of hydrogen-bond acceptors (Lipinski definition) is 2. The summed E-state index contributed by atoms with van der Waals surface area (Å²) < 4.78 is 0. The van der Waals surface area contributed by atoms with Gasteiger partial charge in [-0.25, -0.2) is 0 Å². The van der Waals surface area contributed by atoms with E-state index in [1.54, 1.807) is 19.1 Å². The Morgan fingerprint density at radius 3 is 2.42 bits per heavy atom. The van der Waals surface area contributed by atoms with E-state index in [0.717, 1.165) is 12.0 Å². The molecule has 4 heteroatoms. The van der Waals surface area contributed by atoms with Crippen LogP contribution >= 0.6 is 0 Å². The number of aryl methyl sites for hydroxylation is 1. The van der Waals surface area contributed by atoms with Gasteiger partial charge in [-0.15, -0.1) is 0 Å². The van der Waals surface area contributed by atoms with Crippen LogP contribution in [0.4, 0.5) is 5.69 Å². The molecule has 2 N–H and O–H groups in total. The molecule has 0 fully saturated rings. The third kappa shape index (κ3) is 5.38. The van der Waals surface area contributed by atoms with Gasteiger partial charge >= 0.3 is 5.97 Å². The second-order valence-electron chi connectivity index (χ2n) is 4.34. The predicted molar refractivity (Wildman–Crippen MR) is 75.1 cm³/mol. The zero-order chi connectivity index (χ0) is 14.3. The van der Waals surface area contributed by atoms with Crippen molar-refractivity contribution in [1.29, 1.82) is 0 Å². The van der Waals surface area contributed by atoms with Crippen molar-refractivity contribution in [2.45, 2.75) is 33.1 Å². The molecule has 0 radical (unpaired) electrons. The molecule has 0 aliphatic carbocycles. The van der Waals surface area contributed by atoms with Crippen LogP contribution in [0.1, 0.15) is 32.3 Å². The summed E-state index contributed by atoms with van der Waals surface area (Å²) in [5.74, 6) is -0.919. The highest BCUT2D eigenvalue weighted by molar-refractivity contribution is 6.03. The molecule has 4 nitrogen and oxygen atoms in total. The van der Waals surface area contributed by atoms with Crippen molar-refractivity contribution in [2.24, 2.45) is 0 Å². The highest BCUT2D eigenvalue weighted by atomic mass is 16.4. The number of allylic oxidation sites excluding steroid dienone is 1. The lowest BCUT2D eigenvalue weighted by Crippen LogP contribution is -2.12. The Bertz CT molecular complexity index is 475. The van der Waals surface area contributed by atoms with Crippen LogP contribution in [-0.4, -0.2) is 17.0 Å². The zero-order valence-corrected chi connectivity index (χ0v) is 11.3. The second kappa shape index (κ2) is 7.36. The first-order valence-electron chi connectivity index (χ1n) is 6.31. The van der Waals surface area contributed by atoms with Gasteiger partial charge in [-0.05, 0) is 37.5 Å². The molecular formula is C15H19NO3. The number of anilines is 1. The van der Waals surface area contributed by atoms with Crippen molar-refractivity contribution < 1.29 is 14.7 Å². The quantitative estimate of drug-likeness (QED) is 0.773. The van der Waals surface area contributed by atoms with Crippen LogP contribution in [-0.2, 0) is 16.0 Å². The molecule has 0 saturated carbocycles. The number of aliphatic carboxylic acids is 1. The minimum atomic E-state index is -0.808. The van der Waals surface area contributed by atoms with Crippen molar-refractivity contribution in [3.8, 4) is 0 Å². The highest BCUT2D eigenvalue weighted by Gasteiger charge is 2.04. The van der Waals surface area contributed by atoms with Gasteiger partial charge in [-0.1, -0.05) is 25.1 Å². The molecule has 1 aromatic carbocycles. The molecule has 1 aromatic rings. The number of hydrogen-bond donors (Lipinski definition) is 2. The van der Waals surface area contributed by atoms with Crippen molar-refractivity contribution in [1.82, 2.24) is 0 Å². The lowest BCUT2D eigenvalue weighted by Gasteiger charge is -2.06. The number of nitrogens with one attached hydrogen (secondary N) is 1. The Labute approximate surface area is 113 Å². The summed E-state index contributed by atoms with van der Waals surface area (Å²) in [4.78, 5) is 22.2. The fourth-order valence-corrected chi connectivity index (χ4v) is 1.63. The van der Waals surface area contributed by atoms with Gasteiger partial charge in [0.25, 0.3) is 5.91 Å². The summed E-state index contributed by atoms with van der Waals surface area (Å²) in [5, 5.41) is 11.4. The van der Waals surface area contributed by atoms with Crippen LogP contribution in [0.2, 0.25) is 0 Å². The molecule has 0 atom stereocenters. The minimum Gasteiger partial charge on any atom is -0.481 e. The van der Waals surface area contributed by atoms with E-state index in [2.05, 4.69) is 5.32 Å². The molecule has 1 amide bonds. The summed E-state index contributed by atoms with van der Waals surface area (Å²) in [6, 6.07) is 7.23. The standard InChI is InChI=1S/C15H19NO3/c1-3-4-11(2)15(19)16-13-8-5-12(6-9-13)7-10-14(17)18/h4-6,8-9H,3,7,10H2,1-2H3,(H,16,19)(H,17,18)/b11-4-. The Kier molecular flexibility index (Phi) is 5.79. The number of carbonyl (C=O) groups excluding carboxylic acids is 1. The predicted octanol–water partition coefficient (Wildman–Crippen LogP) is 3.00. The van der Waals surface area contributed by atoms with Crippen LogP contribution < -0.4 is 5.32 Å². The van der Waals surface area contributed by atoms with E-state index in [9.17, 15) is 9.59 Å². The van der Waals surface area contributed by atoms with Crippen LogP contribution in [0.5, 0.6) is 0 Å². The first-order valence-corrected chi connectivity index (χ1v) is 6.31. The Hall–Kier alpha value is -2.10. The summed E-state index contributed by atoms with van der Waals surface area (Å²) >= 11 is 0. The molecule has 0 bridgehead atoms. The van der Waals surface area contributed by atoms with E-state index in [4.69, 9.17) is 5.11 Å². The normalized spacial score (nSPS) is 11.2. The number of carboxylic acids is 1. The maximum Gasteiger partial charge on any atom is 0.303 e. The Morgan fingerprint density at radius 1 is 1.26 bits per heavy atom. The molecule has 1 rings (SSSR count). The Balaban J connectivity index is 2.59. The van der Waals surface area contributed by atoms with Gasteiger partial charge in [-0.2, -0.15) is 0 Å². The van der Waals surface area contributed by atoms with Gasteiger partial charge in [-0.3, -0.25) is 9.59 Å². The molecule has 0 spiro atoms. The smallest absolute Gasteiger partial charge is 0.303 e. The number of rotatable bonds is 6. The minimum absolute atomic E-state index is 0.111. The second-order valence-corrected chi connectivity index (χ2v) is 4.34. The van der Waals surface area contributed by atoms with E-state index in [-0.39, 0.29) is 12.3 Å². The van der Waals surface area contributed by atoms with Gasteiger partial charge in [0.15, 0.2) is 0 Å². The van der Waals surface area contributed by atoms with E-state index >= 15 is 0 Å². The number of carboxylic acid groups (broad SMARTS) is 1. The number of carbonyl (C=O) groups is 2. The maximum absolute atomic E-state index is 11.7.